The molecule has 4 aromatic rings. The number of allylic oxidation sites excluding steroid dienone is 1. The molecule has 1 N–H and O–H groups in total. The number of Topliss-reactive ketones (excluding diaryl/α,β-unsaturated/α-hetero) is 1. The van der Waals surface area contributed by atoms with Gasteiger partial charge >= 0.3 is 0 Å². The lowest BCUT2D eigenvalue weighted by Gasteiger charge is -2.03. The molecular weight excluding hydrogens is 492 g/mol. The van der Waals surface area contributed by atoms with Crippen molar-refractivity contribution in [3.8, 4) is 23.2 Å². The maximum atomic E-state index is 13.0. The van der Waals surface area contributed by atoms with Crippen molar-refractivity contribution >= 4 is 23.1 Å². The first kappa shape index (κ1) is 23.8. The Morgan fingerprint density at radius 3 is 1.95 bits per heavy atom. The number of aliphatic imine (C=N–C) groups is 1. The molecule has 10 bridgehead atoms. The summed E-state index contributed by atoms with van der Waals surface area (Å²) in [6, 6.07) is 0. The third-order valence-corrected chi connectivity index (χ3v) is 6.48. The summed E-state index contributed by atoms with van der Waals surface area (Å²) in [5.41, 5.74) is 3.47. The standard InChI is InChI=1S/C26H24N6O6/c1-10-8-15-9-27-23(34)20-12(3)35-17(29-20)7-6-16(33)19-11(2)36-25(30-19)21-14(5)38-26(32-21)22-13(4)37-24(31-22)18(10)28-15/h6-9H2,1-5H3,(H,27,34). The Bertz CT molecular complexity index is 1690. The van der Waals surface area contributed by atoms with Gasteiger partial charge in [0.25, 0.3) is 5.91 Å². The minimum absolute atomic E-state index is 0.0717. The number of aromatic nitrogens is 4. The highest BCUT2D eigenvalue weighted by molar-refractivity contribution is 6.01. The molecule has 2 aliphatic rings. The Labute approximate surface area is 216 Å². The van der Waals surface area contributed by atoms with E-state index in [0.717, 1.165) is 11.3 Å². The molecule has 12 nitrogen and oxygen atoms in total. The smallest absolute Gasteiger partial charge is 0.273 e. The van der Waals surface area contributed by atoms with Crippen LogP contribution in [-0.4, -0.2) is 43.9 Å². The number of rotatable bonds is 0. The van der Waals surface area contributed by atoms with Crippen molar-refractivity contribution in [3.63, 3.8) is 0 Å². The van der Waals surface area contributed by atoms with Crippen LogP contribution in [0.3, 0.4) is 0 Å². The lowest BCUT2D eigenvalue weighted by Crippen LogP contribution is -2.29. The third-order valence-electron chi connectivity index (χ3n) is 6.48. The van der Waals surface area contributed by atoms with Gasteiger partial charge in [-0.3, -0.25) is 9.59 Å². The lowest BCUT2D eigenvalue weighted by molar-refractivity contribution is 0.0951. The number of ketones is 1. The number of oxazole rings is 4. The van der Waals surface area contributed by atoms with E-state index in [0.29, 0.717) is 52.4 Å². The SMILES string of the molecule is CC1=C2N=C(CNC(=O)c3nc(oc3C)CCC(=O)c3nc(oc3C)-c3nc(oc3C)-c3nc2oc3C)C1. The summed E-state index contributed by atoms with van der Waals surface area (Å²) in [5.74, 6) is 2.08. The number of fused-ring (bicyclic) bond motifs is 12. The molecule has 0 radical (unpaired) electrons. The molecule has 38 heavy (non-hydrogen) atoms. The fourth-order valence-corrected chi connectivity index (χ4v) is 4.54. The molecule has 0 unspecified atom stereocenters. The van der Waals surface area contributed by atoms with Crippen LogP contribution >= 0.6 is 0 Å². The number of amides is 1. The fraction of sp³-hybridized carbons (Fsp3) is 0.346. The number of nitrogens with zero attached hydrogens (tertiary/aromatic N) is 5. The fourth-order valence-electron chi connectivity index (χ4n) is 4.54. The zero-order valence-corrected chi connectivity index (χ0v) is 21.5. The molecule has 194 valence electrons. The predicted octanol–water partition coefficient (Wildman–Crippen LogP) is 4.34. The Balaban J connectivity index is 1.44. The van der Waals surface area contributed by atoms with Gasteiger partial charge in [-0.2, -0.15) is 0 Å². The van der Waals surface area contributed by atoms with Crippen molar-refractivity contribution in [2.45, 2.75) is 53.9 Å². The van der Waals surface area contributed by atoms with Gasteiger partial charge in [-0.25, -0.2) is 24.9 Å². The Morgan fingerprint density at radius 1 is 0.658 bits per heavy atom. The second-order valence-corrected chi connectivity index (χ2v) is 9.37. The molecule has 0 fully saturated rings. The Morgan fingerprint density at radius 2 is 1.24 bits per heavy atom. The van der Waals surface area contributed by atoms with Crippen LogP contribution in [0.4, 0.5) is 0 Å². The van der Waals surface area contributed by atoms with Crippen LogP contribution < -0.4 is 5.32 Å². The topological polar surface area (TPSA) is 163 Å². The highest BCUT2D eigenvalue weighted by Crippen LogP contribution is 2.34. The molecule has 12 heteroatoms. The van der Waals surface area contributed by atoms with Crippen LogP contribution in [0, 0.1) is 27.7 Å². The molecule has 1 amide bonds. The van der Waals surface area contributed by atoms with Crippen molar-refractivity contribution in [2.24, 2.45) is 4.99 Å². The van der Waals surface area contributed by atoms with Gasteiger partial charge in [0.2, 0.25) is 17.7 Å². The van der Waals surface area contributed by atoms with Crippen molar-refractivity contribution in [1.82, 2.24) is 25.3 Å². The van der Waals surface area contributed by atoms with Crippen LogP contribution in [0.25, 0.3) is 28.9 Å². The van der Waals surface area contributed by atoms with Gasteiger partial charge in [0, 0.05) is 25.0 Å². The first-order valence-electron chi connectivity index (χ1n) is 12.1. The Hall–Kier alpha value is -4.61. The van der Waals surface area contributed by atoms with Crippen molar-refractivity contribution in [2.75, 3.05) is 6.54 Å². The third kappa shape index (κ3) is 3.98. The lowest BCUT2D eigenvalue weighted by atomic mass is 10.1. The molecule has 0 atom stereocenters. The molecule has 4 aromatic heterocycles. The van der Waals surface area contributed by atoms with E-state index in [9.17, 15) is 9.59 Å². The number of hydrogen-bond donors (Lipinski definition) is 1. The summed E-state index contributed by atoms with van der Waals surface area (Å²) in [5, 5.41) is 2.85. The van der Waals surface area contributed by atoms with E-state index >= 15 is 0 Å². The molecular formula is C26H24N6O6. The number of hydrogen-bond acceptors (Lipinski definition) is 11. The van der Waals surface area contributed by atoms with Gasteiger partial charge in [0.1, 0.15) is 34.4 Å². The molecule has 0 aromatic carbocycles. The minimum atomic E-state index is -0.385. The average molecular weight is 517 g/mol. The van der Waals surface area contributed by atoms with E-state index in [1.807, 2.05) is 6.92 Å². The van der Waals surface area contributed by atoms with E-state index in [1.165, 1.54) is 0 Å². The predicted molar refractivity (Wildman–Crippen MR) is 133 cm³/mol. The second kappa shape index (κ2) is 8.75. The summed E-state index contributed by atoms with van der Waals surface area (Å²) in [4.78, 5) is 48.3. The van der Waals surface area contributed by atoms with Gasteiger partial charge in [-0.05, 0) is 40.2 Å². The highest BCUT2D eigenvalue weighted by atomic mass is 16.4. The second-order valence-electron chi connectivity index (χ2n) is 9.37. The van der Waals surface area contributed by atoms with E-state index in [-0.39, 0.29) is 60.1 Å². The van der Waals surface area contributed by atoms with E-state index < -0.39 is 0 Å². The molecule has 0 saturated heterocycles. The number of carbonyl (C=O) groups is 2. The average Bonchev–Trinajstić information content (AvgIpc) is 3.67. The molecule has 0 spiro atoms. The monoisotopic (exact) mass is 516 g/mol. The Kier molecular flexibility index (Phi) is 5.47. The highest BCUT2D eigenvalue weighted by Gasteiger charge is 2.28. The minimum Gasteiger partial charge on any atom is -0.445 e. The van der Waals surface area contributed by atoms with Gasteiger partial charge in [-0.1, -0.05) is 0 Å². The largest absolute Gasteiger partial charge is 0.445 e. The van der Waals surface area contributed by atoms with Gasteiger partial charge < -0.3 is 23.0 Å². The van der Waals surface area contributed by atoms with Crippen LogP contribution in [0.2, 0.25) is 0 Å². The molecule has 6 heterocycles. The first-order chi connectivity index (χ1) is 18.2. The van der Waals surface area contributed by atoms with Crippen molar-refractivity contribution in [1.29, 1.82) is 0 Å². The summed E-state index contributed by atoms with van der Waals surface area (Å²) in [6.07, 6.45) is 0.836. The van der Waals surface area contributed by atoms with Gasteiger partial charge in [0.05, 0.1) is 6.54 Å². The number of aryl methyl sites for hydroxylation is 5. The maximum Gasteiger partial charge on any atom is 0.273 e. The van der Waals surface area contributed by atoms with E-state index in [1.54, 1.807) is 27.7 Å². The number of carbonyl (C=O) groups excluding carboxylic acids is 2. The summed E-state index contributed by atoms with van der Waals surface area (Å²) >= 11 is 0. The summed E-state index contributed by atoms with van der Waals surface area (Å²) in [7, 11) is 0. The molecule has 2 aliphatic heterocycles. The van der Waals surface area contributed by atoms with Crippen molar-refractivity contribution in [3.05, 3.63) is 51.8 Å². The van der Waals surface area contributed by atoms with Gasteiger partial charge in [0.15, 0.2) is 28.8 Å². The van der Waals surface area contributed by atoms with Crippen molar-refractivity contribution < 1.29 is 27.3 Å². The normalized spacial score (nSPS) is 16.0. The van der Waals surface area contributed by atoms with Crippen LogP contribution in [0.5, 0.6) is 0 Å². The molecule has 0 aliphatic carbocycles. The van der Waals surface area contributed by atoms with E-state index in [2.05, 4.69) is 30.2 Å². The van der Waals surface area contributed by atoms with Crippen LogP contribution in [-0.2, 0) is 6.42 Å². The molecule has 6 rings (SSSR count). The zero-order valence-electron chi connectivity index (χ0n) is 21.5. The van der Waals surface area contributed by atoms with Crippen LogP contribution in [0.1, 0.15) is 75.6 Å². The van der Waals surface area contributed by atoms with Crippen LogP contribution in [0.15, 0.2) is 28.2 Å². The quantitative estimate of drug-likeness (QED) is 0.355. The number of nitrogens with one attached hydrogen (secondary N) is 1. The van der Waals surface area contributed by atoms with Gasteiger partial charge in [-0.15, -0.1) is 0 Å². The maximum absolute atomic E-state index is 13.0. The summed E-state index contributed by atoms with van der Waals surface area (Å²) < 4.78 is 23.3. The summed E-state index contributed by atoms with van der Waals surface area (Å²) in [6.45, 7) is 8.99. The first-order valence-corrected chi connectivity index (χ1v) is 12.1. The zero-order chi connectivity index (χ0) is 26.7. The van der Waals surface area contributed by atoms with E-state index in [4.69, 9.17) is 17.7 Å². The molecule has 0 saturated carbocycles.